The van der Waals surface area contributed by atoms with Gasteiger partial charge in [-0.05, 0) is 45.4 Å². The summed E-state index contributed by atoms with van der Waals surface area (Å²) in [5.41, 5.74) is -0.408. The first-order chi connectivity index (χ1) is 7.37. The summed E-state index contributed by atoms with van der Waals surface area (Å²) >= 11 is 0. The zero-order valence-corrected chi connectivity index (χ0v) is 10.7. The van der Waals surface area contributed by atoms with E-state index < -0.39 is 5.60 Å². The van der Waals surface area contributed by atoms with Crippen LogP contribution in [0.4, 0.5) is 0 Å². The van der Waals surface area contributed by atoms with Crippen molar-refractivity contribution in [2.45, 2.75) is 46.1 Å². The summed E-state index contributed by atoms with van der Waals surface area (Å²) < 4.78 is 5.14. The molecule has 0 unspecified atom stereocenters. The number of carbonyl (C=O) groups excluding carboxylic acids is 1. The van der Waals surface area contributed by atoms with Crippen molar-refractivity contribution < 1.29 is 9.53 Å². The molecule has 1 aliphatic carbocycles. The maximum Gasteiger partial charge on any atom is 0.331 e. The van der Waals surface area contributed by atoms with Crippen molar-refractivity contribution in [3.8, 4) is 0 Å². The van der Waals surface area contributed by atoms with Gasteiger partial charge in [-0.3, -0.25) is 0 Å². The Bertz CT molecular complexity index is 288. The molecular weight excluding hydrogens is 200 g/mol. The average molecular weight is 222 g/mol. The highest BCUT2D eigenvalue weighted by Gasteiger charge is 2.22. The van der Waals surface area contributed by atoms with Crippen LogP contribution >= 0.6 is 0 Å². The number of rotatable bonds is 3. The van der Waals surface area contributed by atoms with Crippen LogP contribution in [-0.2, 0) is 9.53 Å². The molecule has 2 nitrogen and oxygen atoms in total. The molecule has 90 valence electrons. The first kappa shape index (κ1) is 13.0. The Morgan fingerprint density at radius 2 is 1.88 bits per heavy atom. The maximum atomic E-state index is 11.3. The highest BCUT2D eigenvalue weighted by atomic mass is 16.6. The number of carbonyl (C=O) groups is 1. The minimum Gasteiger partial charge on any atom is -0.457 e. The molecule has 1 fully saturated rings. The lowest BCUT2D eigenvalue weighted by atomic mass is 9.76. The summed E-state index contributed by atoms with van der Waals surface area (Å²) in [4.78, 5) is 11.3. The molecule has 0 aromatic rings. The Hall–Kier alpha value is -1.05. The number of hydrogen-bond donors (Lipinski definition) is 0. The third-order valence-electron chi connectivity index (χ3n) is 2.54. The SMILES string of the molecule is CC1CC(/C=C/C=C/C(=O)OC(C)(C)C)C1. The smallest absolute Gasteiger partial charge is 0.331 e. The molecular formula is C14H22O2. The second-order valence-electron chi connectivity index (χ2n) is 5.61. The van der Waals surface area contributed by atoms with Gasteiger partial charge < -0.3 is 4.74 Å². The number of esters is 1. The van der Waals surface area contributed by atoms with Crippen molar-refractivity contribution in [2.24, 2.45) is 11.8 Å². The van der Waals surface area contributed by atoms with E-state index in [0.29, 0.717) is 5.92 Å². The fourth-order valence-corrected chi connectivity index (χ4v) is 1.81. The Kier molecular flexibility index (Phi) is 4.34. The van der Waals surface area contributed by atoms with Gasteiger partial charge in [0.05, 0.1) is 0 Å². The second kappa shape index (κ2) is 5.33. The summed E-state index contributed by atoms with van der Waals surface area (Å²) in [6, 6.07) is 0. The van der Waals surface area contributed by atoms with E-state index in [9.17, 15) is 4.79 Å². The summed E-state index contributed by atoms with van der Waals surface area (Å²) in [5.74, 6) is 1.29. The molecule has 1 rings (SSSR count). The molecule has 16 heavy (non-hydrogen) atoms. The van der Waals surface area contributed by atoms with E-state index in [1.807, 2.05) is 26.8 Å². The van der Waals surface area contributed by atoms with Crippen molar-refractivity contribution in [2.75, 3.05) is 0 Å². The topological polar surface area (TPSA) is 26.3 Å². The Balaban J connectivity index is 2.24. The van der Waals surface area contributed by atoms with E-state index >= 15 is 0 Å². The molecule has 2 heteroatoms. The molecule has 0 bridgehead atoms. The molecule has 1 saturated carbocycles. The summed E-state index contributed by atoms with van der Waals surface area (Å²) in [6.45, 7) is 7.86. The molecule has 0 aromatic heterocycles. The third kappa shape index (κ3) is 5.15. The van der Waals surface area contributed by atoms with Gasteiger partial charge in [-0.2, -0.15) is 0 Å². The standard InChI is InChI=1S/C14H22O2/c1-11-9-12(10-11)7-5-6-8-13(15)16-14(2,3)4/h5-8,11-12H,9-10H2,1-4H3/b7-5+,8-6+. The lowest BCUT2D eigenvalue weighted by Gasteiger charge is -2.29. The summed E-state index contributed by atoms with van der Waals surface area (Å²) in [5, 5.41) is 0. The molecule has 0 atom stereocenters. The van der Waals surface area contributed by atoms with Gasteiger partial charge in [0.25, 0.3) is 0 Å². The van der Waals surface area contributed by atoms with E-state index in [-0.39, 0.29) is 5.97 Å². The Morgan fingerprint density at radius 3 is 2.38 bits per heavy atom. The van der Waals surface area contributed by atoms with E-state index in [4.69, 9.17) is 4.74 Å². The van der Waals surface area contributed by atoms with Crippen LogP contribution in [0.2, 0.25) is 0 Å². The fraction of sp³-hybridized carbons (Fsp3) is 0.643. The highest BCUT2D eigenvalue weighted by Crippen LogP contribution is 2.33. The van der Waals surface area contributed by atoms with Gasteiger partial charge in [0, 0.05) is 6.08 Å². The predicted octanol–water partition coefficient (Wildman–Crippen LogP) is 3.49. The summed E-state index contributed by atoms with van der Waals surface area (Å²) in [7, 11) is 0. The van der Waals surface area contributed by atoms with Gasteiger partial charge in [0.1, 0.15) is 5.60 Å². The van der Waals surface area contributed by atoms with Crippen LogP contribution in [0.3, 0.4) is 0 Å². The van der Waals surface area contributed by atoms with Gasteiger partial charge >= 0.3 is 5.97 Å². The Morgan fingerprint density at radius 1 is 1.25 bits per heavy atom. The van der Waals surface area contributed by atoms with Crippen LogP contribution < -0.4 is 0 Å². The number of allylic oxidation sites excluding steroid dienone is 3. The van der Waals surface area contributed by atoms with Gasteiger partial charge in [-0.25, -0.2) is 4.79 Å². The molecule has 0 aliphatic heterocycles. The van der Waals surface area contributed by atoms with Gasteiger partial charge in [0.2, 0.25) is 0 Å². The minimum atomic E-state index is -0.408. The molecule has 0 aromatic carbocycles. The van der Waals surface area contributed by atoms with Crippen LogP contribution in [0.5, 0.6) is 0 Å². The Labute approximate surface area is 98.4 Å². The molecule has 0 N–H and O–H groups in total. The fourth-order valence-electron chi connectivity index (χ4n) is 1.81. The van der Waals surface area contributed by atoms with Crippen LogP contribution in [0.15, 0.2) is 24.3 Å². The number of ether oxygens (including phenoxy) is 1. The number of hydrogen-bond acceptors (Lipinski definition) is 2. The molecule has 0 radical (unpaired) electrons. The van der Waals surface area contributed by atoms with E-state index in [2.05, 4.69) is 13.0 Å². The molecule has 0 heterocycles. The molecule has 0 amide bonds. The quantitative estimate of drug-likeness (QED) is 0.415. The van der Waals surface area contributed by atoms with E-state index in [1.165, 1.54) is 18.9 Å². The third-order valence-corrected chi connectivity index (χ3v) is 2.54. The van der Waals surface area contributed by atoms with Crippen LogP contribution in [0.25, 0.3) is 0 Å². The largest absolute Gasteiger partial charge is 0.457 e. The summed E-state index contributed by atoms with van der Waals surface area (Å²) in [6.07, 6.45) is 9.90. The molecule has 0 spiro atoms. The average Bonchev–Trinajstić information content (AvgIpc) is 2.05. The zero-order chi connectivity index (χ0) is 12.2. The monoisotopic (exact) mass is 222 g/mol. The second-order valence-corrected chi connectivity index (χ2v) is 5.61. The first-order valence-electron chi connectivity index (χ1n) is 5.94. The maximum absolute atomic E-state index is 11.3. The van der Waals surface area contributed by atoms with E-state index in [0.717, 1.165) is 5.92 Å². The molecule has 1 aliphatic rings. The van der Waals surface area contributed by atoms with Gasteiger partial charge in [-0.1, -0.05) is 25.2 Å². The lowest BCUT2D eigenvalue weighted by Crippen LogP contribution is -2.22. The van der Waals surface area contributed by atoms with Crippen LogP contribution in [0.1, 0.15) is 40.5 Å². The predicted molar refractivity (Wildman–Crippen MR) is 66.0 cm³/mol. The van der Waals surface area contributed by atoms with Crippen LogP contribution in [0, 0.1) is 11.8 Å². The van der Waals surface area contributed by atoms with Gasteiger partial charge in [0.15, 0.2) is 0 Å². The van der Waals surface area contributed by atoms with Crippen molar-refractivity contribution >= 4 is 5.97 Å². The highest BCUT2D eigenvalue weighted by molar-refractivity contribution is 5.82. The van der Waals surface area contributed by atoms with Gasteiger partial charge in [-0.15, -0.1) is 0 Å². The van der Waals surface area contributed by atoms with E-state index in [1.54, 1.807) is 6.08 Å². The minimum absolute atomic E-state index is 0.279. The molecule has 0 saturated heterocycles. The first-order valence-corrected chi connectivity index (χ1v) is 5.94. The van der Waals surface area contributed by atoms with Crippen molar-refractivity contribution in [3.05, 3.63) is 24.3 Å². The zero-order valence-electron chi connectivity index (χ0n) is 10.7. The van der Waals surface area contributed by atoms with Crippen molar-refractivity contribution in [1.82, 2.24) is 0 Å². The van der Waals surface area contributed by atoms with Crippen LogP contribution in [-0.4, -0.2) is 11.6 Å². The van der Waals surface area contributed by atoms with Crippen molar-refractivity contribution in [3.63, 3.8) is 0 Å². The normalized spacial score (nSPS) is 26.0. The lowest BCUT2D eigenvalue weighted by molar-refractivity contribution is -0.148. The van der Waals surface area contributed by atoms with Crippen molar-refractivity contribution in [1.29, 1.82) is 0 Å².